The molecule has 0 saturated heterocycles. The van der Waals surface area contributed by atoms with Gasteiger partial charge in [0.1, 0.15) is 0 Å². The number of hydrogen-bond acceptors (Lipinski definition) is 3. The van der Waals surface area contributed by atoms with E-state index in [2.05, 4.69) is 20.9 Å². The van der Waals surface area contributed by atoms with Gasteiger partial charge in [0.05, 0.1) is 17.9 Å². The quantitative estimate of drug-likeness (QED) is 0.635. The van der Waals surface area contributed by atoms with Crippen molar-refractivity contribution >= 4 is 21.9 Å². The van der Waals surface area contributed by atoms with Crippen LogP contribution in [-0.2, 0) is 10.1 Å². The van der Waals surface area contributed by atoms with Gasteiger partial charge in [0.2, 0.25) is 0 Å². The Balaban J connectivity index is 2.40. The van der Waals surface area contributed by atoms with E-state index < -0.39 is 0 Å². The molecule has 0 fully saturated rings. The second-order valence-corrected chi connectivity index (χ2v) is 4.51. The Labute approximate surface area is 120 Å². The molecule has 0 amide bonds. The highest BCUT2D eigenvalue weighted by Crippen LogP contribution is 2.23. The van der Waals surface area contributed by atoms with Crippen molar-refractivity contribution in [2.24, 2.45) is 0 Å². The molecule has 2 aromatic rings. The number of esters is 1. The summed E-state index contributed by atoms with van der Waals surface area (Å²) >= 11 is 3.38. The standard InChI is InChI=1S/C15H14BrNO2/c1-2-19-15(18)13-6-4-3-5-12(13)14-8-7-11(9-16)10-17-14/h3-8,10H,2,9H2,1H3. The first kappa shape index (κ1) is 13.7. The van der Waals surface area contributed by atoms with Crippen molar-refractivity contribution in [3.8, 4) is 11.3 Å². The lowest BCUT2D eigenvalue weighted by Crippen LogP contribution is -2.06. The number of nitrogens with zero attached hydrogens (tertiary/aromatic N) is 1. The van der Waals surface area contributed by atoms with E-state index in [4.69, 9.17) is 4.74 Å². The van der Waals surface area contributed by atoms with Crippen LogP contribution in [0.4, 0.5) is 0 Å². The predicted octanol–water partition coefficient (Wildman–Crippen LogP) is 3.82. The fraction of sp³-hybridized carbons (Fsp3) is 0.200. The molecule has 0 unspecified atom stereocenters. The largest absolute Gasteiger partial charge is 0.462 e. The Morgan fingerprint density at radius 1 is 1.26 bits per heavy atom. The first-order valence-corrected chi connectivity index (χ1v) is 7.15. The number of alkyl halides is 1. The zero-order valence-electron chi connectivity index (χ0n) is 10.6. The fourth-order valence-corrected chi connectivity index (χ4v) is 2.09. The molecule has 0 N–H and O–H groups in total. The van der Waals surface area contributed by atoms with Crippen LogP contribution in [0.1, 0.15) is 22.8 Å². The lowest BCUT2D eigenvalue weighted by Gasteiger charge is -2.08. The molecule has 0 saturated carbocycles. The molecule has 98 valence electrons. The van der Waals surface area contributed by atoms with E-state index in [0.29, 0.717) is 12.2 Å². The van der Waals surface area contributed by atoms with Crippen molar-refractivity contribution < 1.29 is 9.53 Å². The molecule has 2 rings (SSSR count). The van der Waals surface area contributed by atoms with Gasteiger partial charge in [-0.2, -0.15) is 0 Å². The molecule has 0 bridgehead atoms. The van der Waals surface area contributed by atoms with Crippen molar-refractivity contribution in [2.75, 3.05) is 6.61 Å². The van der Waals surface area contributed by atoms with Crippen molar-refractivity contribution in [2.45, 2.75) is 12.3 Å². The highest BCUT2D eigenvalue weighted by atomic mass is 79.9. The van der Waals surface area contributed by atoms with Crippen LogP contribution < -0.4 is 0 Å². The van der Waals surface area contributed by atoms with Gasteiger partial charge < -0.3 is 4.74 Å². The molecule has 1 aromatic carbocycles. The van der Waals surface area contributed by atoms with Crippen LogP contribution in [0.3, 0.4) is 0 Å². The molecule has 3 nitrogen and oxygen atoms in total. The summed E-state index contributed by atoms with van der Waals surface area (Å²) in [6.07, 6.45) is 1.80. The normalized spacial score (nSPS) is 10.2. The number of rotatable bonds is 4. The van der Waals surface area contributed by atoms with Crippen LogP contribution in [0.5, 0.6) is 0 Å². The zero-order valence-corrected chi connectivity index (χ0v) is 12.2. The van der Waals surface area contributed by atoms with E-state index in [1.165, 1.54) is 0 Å². The summed E-state index contributed by atoms with van der Waals surface area (Å²) in [5, 5.41) is 0.764. The third kappa shape index (κ3) is 3.20. The van der Waals surface area contributed by atoms with Gasteiger partial charge in [0, 0.05) is 17.1 Å². The smallest absolute Gasteiger partial charge is 0.338 e. The summed E-state index contributed by atoms with van der Waals surface area (Å²) < 4.78 is 5.06. The van der Waals surface area contributed by atoms with Gasteiger partial charge in [0.15, 0.2) is 0 Å². The summed E-state index contributed by atoms with van der Waals surface area (Å²) in [4.78, 5) is 16.3. The third-order valence-corrected chi connectivity index (χ3v) is 3.32. The number of aromatic nitrogens is 1. The van der Waals surface area contributed by atoms with Gasteiger partial charge in [0.25, 0.3) is 0 Å². The molecule has 1 heterocycles. The molecule has 0 spiro atoms. The average molecular weight is 320 g/mol. The molecule has 0 aliphatic rings. The second kappa shape index (κ2) is 6.48. The number of halogens is 1. The molecule has 1 aromatic heterocycles. The minimum Gasteiger partial charge on any atom is -0.462 e. The number of pyridine rings is 1. The van der Waals surface area contributed by atoms with Crippen molar-refractivity contribution in [1.29, 1.82) is 0 Å². The van der Waals surface area contributed by atoms with E-state index in [9.17, 15) is 4.79 Å². The molecule has 0 aliphatic carbocycles. The van der Waals surface area contributed by atoms with Crippen molar-refractivity contribution in [3.05, 3.63) is 53.7 Å². The highest BCUT2D eigenvalue weighted by Gasteiger charge is 2.13. The molecule has 4 heteroatoms. The van der Waals surface area contributed by atoms with Crippen LogP contribution in [0.15, 0.2) is 42.6 Å². The first-order valence-electron chi connectivity index (χ1n) is 6.03. The topological polar surface area (TPSA) is 39.2 Å². The molecular formula is C15H14BrNO2. The monoisotopic (exact) mass is 319 g/mol. The Morgan fingerprint density at radius 3 is 2.68 bits per heavy atom. The van der Waals surface area contributed by atoms with Gasteiger partial charge in [-0.15, -0.1) is 0 Å². The summed E-state index contributed by atoms with van der Waals surface area (Å²) in [7, 11) is 0. The zero-order chi connectivity index (χ0) is 13.7. The fourth-order valence-electron chi connectivity index (χ4n) is 1.76. The maximum Gasteiger partial charge on any atom is 0.338 e. The van der Waals surface area contributed by atoms with Crippen LogP contribution >= 0.6 is 15.9 Å². The Morgan fingerprint density at radius 2 is 2.05 bits per heavy atom. The predicted molar refractivity (Wildman–Crippen MR) is 78.3 cm³/mol. The van der Waals surface area contributed by atoms with Gasteiger partial charge in [-0.05, 0) is 24.6 Å². The minimum absolute atomic E-state index is 0.315. The lowest BCUT2D eigenvalue weighted by molar-refractivity contribution is 0.0527. The van der Waals surface area contributed by atoms with Crippen LogP contribution in [0, 0.1) is 0 Å². The number of carbonyl (C=O) groups excluding carboxylic acids is 1. The first-order chi connectivity index (χ1) is 9.26. The number of benzene rings is 1. The Bertz CT molecular complexity index is 567. The minimum atomic E-state index is -0.315. The summed E-state index contributed by atoms with van der Waals surface area (Å²) in [6, 6.07) is 11.2. The SMILES string of the molecule is CCOC(=O)c1ccccc1-c1ccc(CBr)cn1. The molecule has 0 aliphatic heterocycles. The molecule has 19 heavy (non-hydrogen) atoms. The van der Waals surface area contributed by atoms with Crippen molar-refractivity contribution in [3.63, 3.8) is 0 Å². The second-order valence-electron chi connectivity index (χ2n) is 3.95. The molecule has 0 atom stereocenters. The maximum absolute atomic E-state index is 11.9. The van der Waals surface area contributed by atoms with Crippen LogP contribution in [0.2, 0.25) is 0 Å². The van der Waals surface area contributed by atoms with Gasteiger partial charge in [-0.25, -0.2) is 4.79 Å². The number of ether oxygens (including phenoxy) is 1. The Hall–Kier alpha value is -1.68. The summed E-state index contributed by atoms with van der Waals surface area (Å²) in [6.45, 7) is 2.16. The van der Waals surface area contributed by atoms with Crippen LogP contribution in [-0.4, -0.2) is 17.6 Å². The van der Waals surface area contributed by atoms with Gasteiger partial charge in [-0.1, -0.05) is 40.2 Å². The van der Waals surface area contributed by atoms with E-state index in [0.717, 1.165) is 22.2 Å². The van der Waals surface area contributed by atoms with E-state index >= 15 is 0 Å². The lowest BCUT2D eigenvalue weighted by atomic mass is 10.0. The molecular weight excluding hydrogens is 306 g/mol. The summed E-state index contributed by atoms with van der Waals surface area (Å²) in [5.74, 6) is -0.315. The summed E-state index contributed by atoms with van der Waals surface area (Å²) in [5.41, 5.74) is 3.20. The van der Waals surface area contributed by atoms with Crippen molar-refractivity contribution in [1.82, 2.24) is 4.98 Å². The Kier molecular flexibility index (Phi) is 4.68. The molecule has 0 radical (unpaired) electrons. The highest BCUT2D eigenvalue weighted by molar-refractivity contribution is 9.08. The van der Waals surface area contributed by atoms with E-state index in [1.807, 2.05) is 30.3 Å². The third-order valence-electron chi connectivity index (χ3n) is 2.68. The van der Waals surface area contributed by atoms with E-state index in [1.54, 1.807) is 19.2 Å². The van der Waals surface area contributed by atoms with Crippen LogP contribution in [0.25, 0.3) is 11.3 Å². The average Bonchev–Trinajstić information content (AvgIpc) is 2.47. The van der Waals surface area contributed by atoms with Gasteiger partial charge >= 0.3 is 5.97 Å². The number of carbonyl (C=O) groups is 1. The number of hydrogen-bond donors (Lipinski definition) is 0. The van der Waals surface area contributed by atoms with E-state index in [-0.39, 0.29) is 5.97 Å². The van der Waals surface area contributed by atoms with Gasteiger partial charge in [-0.3, -0.25) is 4.98 Å². The maximum atomic E-state index is 11.9.